The first-order chi connectivity index (χ1) is 7.97. The molecule has 0 aliphatic carbocycles. The summed E-state index contributed by atoms with van der Waals surface area (Å²) < 4.78 is 40.8. The van der Waals surface area contributed by atoms with Crippen LogP contribution in [0.25, 0.3) is 11.1 Å². The number of oxazole rings is 1. The van der Waals surface area contributed by atoms with E-state index in [4.69, 9.17) is 4.42 Å². The minimum Gasteiger partial charge on any atom is -0.439 e. The van der Waals surface area contributed by atoms with Crippen molar-refractivity contribution in [1.29, 1.82) is 0 Å². The first-order valence-electron chi connectivity index (χ1n) is 4.66. The van der Waals surface area contributed by atoms with E-state index in [1.54, 1.807) is 29.6 Å². The second-order valence-electron chi connectivity index (χ2n) is 3.26. The maximum absolute atomic E-state index is 11.9. The number of nitrogens with one attached hydrogen (secondary N) is 1. The van der Waals surface area contributed by atoms with E-state index in [1.807, 2.05) is 0 Å². The Morgan fingerprint density at radius 1 is 1.35 bits per heavy atom. The summed E-state index contributed by atoms with van der Waals surface area (Å²) >= 11 is 0. The third-order valence-corrected chi connectivity index (χ3v) is 2.00. The van der Waals surface area contributed by atoms with Gasteiger partial charge in [-0.2, -0.15) is 13.2 Å². The third-order valence-electron chi connectivity index (χ3n) is 2.00. The number of benzene rings is 1. The molecule has 0 atom stereocenters. The average Bonchev–Trinajstić information content (AvgIpc) is 2.66. The Labute approximate surface area is 93.4 Å². The summed E-state index contributed by atoms with van der Waals surface area (Å²) in [6.45, 7) is -0.396. The summed E-state index contributed by atoms with van der Waals surface area (Å²) in [5, 5.41) is 1.68. The summed E-state index contributed by atoms with van der Waals surface area (Å²) in [5.41, 5.74) is 0.993. The molecular weight excluding hydrogens is 237 g/mol. The lowest BCUT2D eigenvalue weighted by atomic mass is 10.3. The van der Waals surface area contributed by atoms with E-state index in [0.717, 1.165) is 0 Å². The average molecular weight is 244 g/mol. The summed E-state index contributed by atoms with van der Waals surface area (Å²) in [7, 11) is 0. The topological polar surface area (TPSA) is 55.1 Å². The number of aromatic nitrogens is 1. The molecule has 1 aromatic carbocycles. The highest BCUT2D eigenvalue weighted by atomic mass is 19.4. The molecule has 1 heterocycles. The van der Waals surface area contributed by atoms with Crippen molar-refractivity contribution >= 4 is 17.0 Å². The van der Waals surface area contributed by atoms with Crippen LogP contribution in [0.15, 0.2) is 28.7 Å². The molecule has 1 N–H and O–H groups in total. The number of fused-ring (bicyclic) bond motifs is 1. The number of hydrogen-bond acceptors (Lipinski definition) is 3. The van der Waals surface area contributed by atoms with E-state index < -0.39 is 18.6 Å². The molecule has 0 saturated heterocycles. The van der Waals surface area contributed by atoms with Crippen LogP contribution in [0.2, 0.25) is 0 Å². The van der Waals surface area contributed by atoms with E-state index in [2.05, 4.69) is 4.98 Å². The molecule has 1 amide bonds. The van der Waals surface area contributed by atoms with E-state index in [9.17, 15) is 18.0 Å². The molecule has 2 aromatic rings. The van der Waals surface area contributed by atoms with Crippen LogP contribution in [0, 0.1) is 0 Å². The molecule has 0 aliphatic heterocycles. The minimum atomic E-state index is -4.90. The molecule has 1 aromatic heterocycles. The van der Waals surface area contributed by atoms with Gasteiger partial charge in [-0.3, -0.25) is 4.79 Å². The van der Waals surface area contributed by atoms with Gasteiger partial charge in [0.25, 0.3) is 0 Å². The van der Waals surface area contributed by atoms with Crippen LogP contribution in [0.1, 0.15) is 5.89 Å². The van der Waals surface area contributed by atoms with E-state index in [0.29, 0.717) is 11.1 Å². The monoisotopic (exact) mass is 244 g/mol. The van der Waals surface area contributed by atoms with Crippen molar-refractivity contribution in [2.24, 2.45) is 0 Å². The zero-order chi connectivity index (χ0) is 12.5. The van der Waals surface area contributed by atoms with Crippen LogP contribution in [-0.4, -0.2) is 17.1 Å². The van der Waals surface area contributed by atoms with Crippen molar-refractivity contribution in [3.8, 4) is 0 Å². The van der Waals surface area contributed by atoms with Crippen LogP contribution in [-0.2, 0) is 11.3 Å². The SMILES string of the molecule is O=C(NCc1nc2ccccc2o1)C(F)(F)F. The summed E-state index contributed by atoms with van der Waals surface area (Å²) in [6.07, 6.45) is -4.90. The highest BCUT2D eigenvalue weighted by molar-refractivity contribution is 5.81. The zero-order valence-corrected chi connectivity index (χ0v) is 8.41. The predicted octanol–water partition coefficient (Wildman–Crippen LogP) is 2.01. The molecule has 0 radical (unpaired) electrons. The first kappa shape index (κ1) is 11.4. The number of amides is 1. The van der Waals surface area contributed by atoms with Crippen molar-refractivity contribution in [1.82, 2.24) is 10.3 Å². The number of para-hydroxylation sites is 2. The molecule has 0 bridgehead atoms. The highest BCUT2D eigenvalue weighted by Gasteiger charge is 2.38. The van der Waals surface area contributed by atoms with Gasteiger partial charge in [0.05, 0.1) is 6.54 Å². The van der Waals surface area contributed by atoms with Gasteiger partial charge in [-0.1, -0.05) is 12.1 Å². The molecule has 4 nitrogen and oxygen atoms in total. The quantitative estimate of drug-likeness (QED) is 0.879. The summed E-state index contributed by atoms with van der Waals surface area (Å²) in [5.74, 6) is -1.98. The van der Waals surface area contributed by atoms with E-state index in [-0.39, 0.29) is 5.89 Å². The van der Waals surface area contributed by atoms with Crippen LogP contribution >= 0.6 is 0 Å². The normalized spacial score (nSPS) is 11.7. The Morgan fingerprint density at radius 2 is 2.06 bits per heavy atom. The van der Waals surface area contributed by atoms with E-state index in [1.165, 1.54) is 0 Å². The van der Waals surface area contributed by atoms with Gasteiger partial charge in [-0.15, -0.1) is 0 Å². The van der Waals surface area contributed by atoms with Crippen LogP contribution in [0.3, 0.4) is 0 Å². The molecule has 2 rings (SSSR count). The molecule has 17 heavy (non-hydrogen) atoms. The molecule has 7 heteroatoms. The fourth-order valence-electron chi connectivity index (χ4n) is 1.25. The van der Waals surface area contributed by atoms with Gasteiger partial charge in [0.1, 0.15) is 5.52 Å². The number of hydrogen-bond donors (Lipinski definition) is 1. The Bertz CT molecular complexity index is 515. The maximum Gasteiger partial charge on any atom is 0.471 e. The van der Waals surface area contributed by atoms with Crippen LogP contribution in [0.5, 0.6) is 0 Å². The van der Waals surface area contributed by atoms with Crippen LogP contribution in [0.4, 0.5) is 13.2 Å². The number of rotatable bonds is 2. The number of nitrogens with zero attached hydrogens (tertiary/aromatic N) is 1. The van der Waals surface area contributed by atoms with Crippen LogP contribution < -0.4 is 5.32 Å². The summed E-state index contributed by atoms with van der Waals surface area (Å²) in [6, 6.07) is 6.74. The van der Waals surface area contributed by atoms with Crippen molar-refractivity contribution in [2.75, 3.05) is 0 Å². The number of alkyl halides is 3. The van der Waals surface area contributed by atoms with Gasteiger partial charge in [0, 0.05) is 0 Å². The van der Waals surface area contributed by atoms with Gasteiger partial charge in [0.2, 0.25) is 5.89 Å². The lowest BCUT2D eigenvalue weighted by molar-refractivity contribution is -0.173. The molecule has 90 valence electrons. The second kappa shape index (κ2) is 4.08. The molecule has 0 aliphatic rings. The fourth-order valence-corrected chi connectivity index (χ4v) is 1.25. The van der Waals surface area contributed by atoms with Gasteiger partial charge in [-0.25, -0.2) is 4.98 Å². The highest BCUT2D eigenvalue weighted by Crippen LogP contribution is 2.16. The van der Waals surface area contributed by atoms with Gasteiger partial charge in [-0.05, 0) is 12.1 Å². The Hall–Kier alpha value is -2.05. The molecular formula is C10H7F3N2O2. The molecule has 0 unspecified atom stereocenters. The lowest BCUT2D eigenvalue weighted by Gasteiger charge is -2.04. The lowest BCUT2D eigenvalue weighted by Crippen LogP contribution is -2.36. The maximum atomic E-state index is 11.9. The molecule has 0 spiro atoms. The smallest absolute Gasteiger partial charge is 0.439 e. The largest absolute Gasteiger partial charge is 0.471 e. The fraction of sp³-hybridized carbons (Fsp3) is 0.200. The molecule has 0 fully saturated rings. The Morgan fingerprint density at radius 3 is 2.71 bits per heavy atom. The van der Waals surface area contributed by atoms with Crippen molar-refractivity contribution in [3.63, 3.8) is 0 Å². The standard InChI is InChI=1S/C10H7F3N2O2/c11-10(12,13)9(16)14-5-8-15-6-3-1-2-4-7(6)17-8/h1-4H,5H2,(H,14,16). The second-order valence-corrected chi connectivity index (χ2v) is 3.26. The molecule has 0 saturated carbocycles. The summed E-state index contributed by atoms with van der Waals surface area (Å²) in [4.78, 5) is 14.5. The first-order valence-corrected chi connectivity index (χ1v) is 4.66. The third kappa shape index (κ3) is 2.55. The zero-order valence-electron chi connectivity index (χ0n) is 8.41. The Balaban J connectivity index is 2.07. The Kier molecular flexibility index (Phi) is 2.74. The number of halogens is 3. The number of carbonyl (C=O) groups is 1. The van der Waals surface area contributed by atoms with Gasteiger partial charge < -0.3 is 9.73 Å². The predicted molar refractivity (Wildman–Crippen MR) is 51.9 cm³/mol. The van der Waals surface area contributed by atoms with Crippen molar-refractivity contribution in [3.05, 3.63) is 30.2 Å². The van der Waals surface area contributed by atoms with Crippen molar-refractivity contribution < 1.29 is 22.4 Å². The van der Waals surface area contributed by atoms with E-state index >= 15 is 0 Å². The van der Waals surface area contributed by atoms with Crippen molar-refractivity contribution in [2.45, 2.75) is 12.7 Å². The number of carbonyl (C=O) groups excluding carboxylic acids is 1. The van der Waals surface area contributed by atoms with Gasteiger partial charge >= 0.3 is 12.1 Å². The van der Waals surface area contributed by atoms with Gasteiger partial charge in [0.15, 0.2) is 5.58 Å². The minimum absolute atomic E-state index is 0.0313.